The first-order valence-corrected chi connectivity index (χ1v) is 6.51. The minimum atomic E-state index is 0.855. The number of rotatable bonds is 3. The molecule has 0 fully saturated rings. The highest BCUT2D eigenvalue weighted by Gasteiger charge is 2.14. The van der Waals surface area contributed by atoms with Crippen molar-refractivity contribution in [2.24, 2.45) is 0 Å². The predicted octanol–water partition coefficient (Wildman–Crippen LogP) is 3.48. The largest absolute Gasteiger partial charge is 0.370 e. The zero-order chi connectivity index (χ0) is 12.3. The molecule has 3 nitrogen and oxygen atoms in total. The number of anilines is 1. The minimum Gasteiger partial charge on any atom is -0.370 e. The van der Waals surface area contributed by atoms with Crippen LogP contribution in [0.3, 0.4) is 0 Å². The van der Waals surface area contributed by atoms with Crippen molar-refractivity contribution < 1.29 is 0 Å². The summed E-state index contributed by atoms with van der Waals surface area (Å²) in [6.45, 7) is 7.07. The molecule has 17 heavy (non-hydrogen) atoms. The van der Waals surface area contributed by atoms with E-state index in [2.05, 4.69) is 35.2 Å². The highest BCUT2D eigenvalue weighted by Crippen LogP contribution is 2.29. The van der Waals surface area contributed by atoms with Gasteiger partial charge in [0.2, 0.25) is 0 Å². The minimum absolute atomic E-state index is 0.855. The lowest BCUT2D eigenvalue weighted by Gasteiger charge is -2.17. The van der Waals surface area contributed by atoms with Gasteiger partial charge in [0, 0.05) is 12.1 Å². The van der Waals surface area contributed by atoms with Crippen molar-refractivity contribution in [3.05, 3.63) is 23.2 Å². The summed E-state index contributed by atoms with van der Waals surface area (Å²) in [6, 6.07) is 0. The van der Waals surface area contributed by atoms with E-state index in [-0.39, 0.29) is 0 Å². The smallest absolute Gasteiger partial charge is 0.133 e. The summed E-state index contributed by atoms with van der Waals surface area (Å²) in [7, 11) is 0. The molecule has 0 unspecified atom stereocenters. The van der Waals surface area contributed by atoms with E-state index in [0.717, 1.165) is 30.3 Å². The Morgan fingerprint density at radius 3 is 2.71 bits per heavy atom. The molecule has 1 heterocycles. The van der Waals surface area contributed by atoms with E-state index in [9.17, 15) is 0 Å². The van der Waals surface area contributed by atoms with Crippen molar-refractivity contribution in [3.63, 3.8) is 0 Å². The Kier molecular flexibility index (Phi) is 3.77. The molecule has 0 aromatic carbocycles. The van der Waals surface area contributed by atoms with Crippen LogP contribution in [0.5, 0.6) is 0 Å². The molecule has 0 spiro atoms. The second-order valence-electron chi connectivity index (χ2n) is 4.60. The van der Waals surface area contributed by atoms with Crippen LogP contribution in [0.25, 0.3) is 5.57 Å². The zero-order valence-electron chi connectivity index (χ0n) is 11.0. The van der Waals surface area contributed by atoms with Crippen molar-refractivity contribution in [2.75, 3.05) is 11.9 Å². The summed E-state index contributed by atoms with van der Waals surface area (Å²) in [6.07, 6.45) is 7.28. The van der Waals surface area contributed by atoms with Gasteiger partial charge in [-0.05, 0) is 52.0 Å². The van der Waals surface area contributed by atoms with E-state index in [1.54, 1.807) is 0 Å². The Morgan fingerprint density at radius 1 is 1.24 bits per heavy atom. The third kappa shape index (κ3) is 2.65. The molecule has 0 saturated heterocycles. The first-order chi connectivity index (χ1) is 8.22. The zero-order valence-corrected chi connectivity index (χ0v) is 11.0. The first-order valence-electron chi connectivity index (χ1n) is 6.51. The number of hydrogen-bond acceptors (Lipinski definition) is 3. The van der Waals surface area contributed by atoms with Gasteiger partial charge in [-0.2, -0.15) is 0 Å². The summed E-state index contributed by atoms with van der Waals surface area (Å²) in [5.41, 5.74) is 3.73. The van der Waals surface area contributed by atoms with E-state index in [1.165, 1.54) is 30.4 Å². The molecular formula is C14H21N3. The second-order valence-corrected chi connectivity index (χ2v) is 4.60. The second kappa shape index (κ2) is 5.30. The maximum absolute atomic E-state index is 4.62. The fourth-order valence-electron chi connectivity index (χ4n) is 2.33. The molecule has 92 valence electrons. The first kappa shape index (κ1) is 12.1. The van der Waals surface area contributed by atoms with Gasteiger partial charge in [-0.25, -0.2) is 9.97 Å². The lowest BCUT2D eigenvalue weighted by Crippen LogP contribution is -2.08. The fourth-order valence-corrected chi connectivity index (χ4v) is 2.33. The third-order valence-corrected chi connectivity index (χ3v) is 3.20. The van der Waals surface area contributed by atoms with Gasteiger partial charge in [0.1, 0.15) is 11.6 Å². The van der Waals surface area contributed by atoms with Crippen LogP contribution in [0, 0.1) is 13.8 Å². The molecule has 1 aromatic heterocycles. The summed E-state index contributed by atoms with van der Waals surface area (Å²) < 4.78 is 0. The van der Waals surface area contributed by atoms with Crippen LogP contribution in [-0.2, 0) is 0 Å². The van der Waals surface area contributed by atoms with Crippen molar-refractivity contribution in [1.82, 2.24) is 9.97 Å². The van der Waals surface area contributed by atoms with Crippen LogP contribution >= 0.6 is 0 Å². The van der Waals surface area contributed by atoms with Gasteiger partial charge in [0.15, 0.2) is 0 Å². The van der Waals surface area contributed by atoms with E-state index in [1.807, 2.05) is 6.92 Å². The van der Waals surface area contributed by atoms with Crippen molar-refractivity contribution in [1.29, 1.82) is 0 Å². The van der Waals surface area contributed by atoms with Gasteiger partial charge < -0.3 is 5.32 Å². The predicted molar refractivity (Wildman–Crippen MR) is 72.1 cm³/mol. The molecule has 1 N–H and O–H groups in total. The van der Waals surface area contributed by atoms with Crippen LogP contribution in [0.2, 0.25) is 0 Å². The lowest BCUT2D eigenvalue weighted by atomic mass is 9.95. The Balaban J connectivity index is 2.42. The van der Waals surface area contributed by atoms with Crippen molar-refractivity contribution >= 4 is 11.4 Å². The normalized spacial score (nSPS) is 15.6. The van der Waals surface area contributed by atoms with Crippen LogP contribution in [-0.4, -0.2) is 16.5 Å². The van der Waals surface area contributed by atoms with Crippen molar-refractivity contribution in [2.45, 2.75) is 46.5 Å². The molecule has 0 bridgehead atoms. The van der Waals surface area contributed by atoms with E-state index >= 15 is 0 Å². The molecule has 1 aromatic rings. The number of hydrogen-bond donors (Lipinski definition) is 1. The van der Waals surface area contributed by atoms with Crippen LogP contribution in [0.1, 0.15) is 49.7 Å². The Hall–Kier alpha value is -1.38. The molecule has 0 saturated carbocycles. The van der Waals surface area contributed by atoms with Gasteiger partial charge in [-0.3, -0.25) is 0 Å². The van der Waals surface area contributed by atoms with Gasteiger partial charge in [-0.15, -0.1) is 0 Å². The van der Waals surface area contributed by atoms with Gasteiger partial charge >= 0.3 is 0 Å². The molecule has 0 aliphatic heterocycles. The van der Waals surface area contributed by atoms with Crippen molar-refractivity contribution in [3.8, 4) is 0 Å². The number of allylic oxidation sites excluding steroid dienone is 2. The van der Waals surface area contributed by atoms with Crippen LogP contribution in [0.15, 0.2) is 6.08 Å². The molecule has 0 amide bonds. The molecule has 0 atom stereocenters. The Bertz CT molecular complexity index is 435. The van der Waals surface area contributed by atoms with E-state index in [0.29, 0.717) is 0 Å². The van der Waals surface area contributed by atoms with E-state index in [4.69, 9.17) is 0 Å². The van der Waals surface area contributed by atoms with Gasteiger partial charge in [0.25, 0.3) is 0 Å². The molecule has 3 heteroatoms. The molecule has 1 aliphatic carbocycles. The number of aromatic nitrogens is 2. The van der Waals surface area contributed by atoms with Gasteiger partial charge in [0.05, 0.1) is 5.69 Å². The van der Waals surface area contributed by atoms with E-state index < -0.39 is 0 Å². The Morgan fingerprint density at radius 2 is 2.06 bits per heavy atom. The molecular weight excluding hydrogens is 210 g/mol. The summed E-state index contributed by atoms with van der Waals surface area (Å²) in [5, 5.41) is 3.32. The average molecular weight is 231 g/mol. The van der Waals surface area contributed by atoms with Crippen LogP contribution < -0.4 is 5.32 Å². The summed E-state index contributed by atoms with van der Waals surface area (Å²) in [4.78, 5) is 9.09. The van der Waals surface area contributed by atoms with Gasteiger partial charge in [-0.1, -0.05) is 6.08 Å². The Labute approximate surface area is 103 Å². The maximum Gasteiger partial charge on any atom is 0.133 e. The highest BCUT2D eigenvalue weighted by atomic mass is 15.0. The van der Waals surface area contributed by atoms with Crippen LogP contribution in [0.4, 0.5) is 5.82 Å². The lowest BCUT2D eigenvalue weighted by molar-refractivity contribution is 0.738. The summed E-state index contributed by atoms with van der Waals surface area (Å²) in [5.74, 6) is 1.84. The molecule has 1 aliphatic rings. The SMILES string of the molecule is CCNc1nc(C)nc(C2=CCCCC2)c1C. The monoisotopic (exact) mass is 231 g/mol. The highest BCUT2D eigenvalue weighted by molar-refractivity contribution is 5.69. The fraction of sp³-hybridized carbons (Fsp3) is 0.571. The molecule has 2 rings (SSSR count). The number of nitrogens with zero attached hydrogens (tertiary/aromatic N) is 2. The quantitative estimate of drug-likeness (QED) is 0.865. The summed E-state index contributed by atoms with van der Waals surface area (Å²) >= 11 is 0. The molecule has 0 radical (unpaired) electrons. The maximum atomic E-state index is 4.62. The third-order valence-electron chi connectivity index (χ3n) is 3.20. The number of nitrogens with one attached hydrogen (secondary N) is 1. The topological polar surface area (TPSA) is 37.8 Å². The standard InChI is InChI=1S/C14H21N3/c1-4-15-14-10(2)13(16-11(3)17-14)12-8-6-5-7-9-12/h8H,4-7,9H2,1-3H3,(H,15,16,17). The number of aryl methyl sites for hydroxylation is 1. The average Bonchev–Trinajstić information content (AvgIpc) is 2.35.